The minimum Gasteiger partial charge on any atom is -0.305 e. The zero-order valence-electron chi connectivity index (χ0n) is 14.3. The molecule has 0 unspecified atom stereocenters. The molecule has 0 saturated carbocycles. The van der Waals surface area contributed by atoms with E-state index in [2.05, 4.69) is 52.6 Å². The molecule has 0 aliphatic carbocycles. The first-order valence-electron chi connectivity index (χ1n) is 7.88. The van der Waals surface area contributed by atoms with E-state index in [1.165, 1.54) is 11.8 Å². The second-order valence-electron chi connectivity index (χ2n) is 5.51. The van der Waals surface area contributed by atoms with Gasteiger partial charge in [-0.1, -0.05) is 67.9 Å². The lowest BCUT2D eigenvalue weighted by Crippen LogP contribution is -2.19. The average Bonchev–Trinajstić information content (AvgIpc) is 3.01. The van der Waals surface area contributed by atoms with Crippen LogP contribution in [0.1, 0.15) is 5.56 Å². The number of carbonyl (C=O) groups is 1. The maximum absolute atomic E-state index is 12.0. The summed E-state index contributed by atoms with van der Waals surface area (Å²) >= 11 is 8.12. The second kappa shape index (κ2) is 9.29. The van der Waals surface area contributed by atoms with Crippen LogP contribution in [-0.2, 0) is 11.8 Å². The summed E-state index contributed by atoms with van der Waals surface area (Å²) in [5.41, 5.74) is 4.37. The Bertz CT molecular complexity index is 972. The van der Waals surface area contributed by atoms with E-state index in [0.717, 1.165) is 25.9 Å². The van der Waals surface area contributed by atoms with Crippen molar-refractivity contribution < 1.29 is 4.79 Å². The third-order valence-corrected chi connectivity index (χ3v) is 5.56. The summed E-state index contributed by atoms with van der Waals surface area (Å²) < 4.78 is 3.83. The van der Waals surface area contributed by atoms with E-state index in [0.29, 0.717) is 5.16 Å². The third kappa shape index (κ3) is 5.50. The highest BCUT2D eigenvalue weighted by atomic mass is 79.9. The Morgan fingerprint density at radius 3 is 2.70 bits per heavy atom. The zero-order chi connectivity index (χ0) is 19.2. The Labute approximate surface area is 177 Å². The number of nitrogens with one attached hydrogen (secondary N) is 1. The number of aromatic nitrogens is 3. The standard InChI is InChI=1S/C18H15Br2N5OS/c1-25-17(13-5-7-14(19)8-6-13)23-24-18(25)27-11-16(26)22-21-10-12-3-2-4-15(20)9-12/h2-10H,11H2,1H3,(H,22,26)/b21-10+. The predicted molar refractivity (Wildman–Crippen MR) is 115 cm³/mol. The van der Waals surface area contributed by atoms with Crippen LogP contribution in [0.15, 0.2) is 67.7 Å². The first-order valence-corrected chi connectivity index (χ1v) is 10.5. The summed E-state index contributed by atoms with van der Waals surface area (Å²) in [4.78, 5) is 12.0. The van der Waals surface area contributed by atoms with Crippen molar-refractivity contribution in [3.05, 3.63) is 63.0 Å². The molecule has 0 saturated heterocycles. The van der Waals surface area contributed by atoms with Crippen LogP contribution in [0.4, 0.5) is 0 Å². The van der Waals surface area contributed by atoms with Gasteiger partial charge in [-0.05, 0) is 29.8 Å². The highest BCUT2D eigenvalue weighted by Crippen LogP contribution is 2.23. The molecule has 1 amide bonds. The number of halogens is 2. The van der Waals surface area contributed by atoms with Crippen molar-refractivity contribution in [2.45, 2.75) is 5.16 Å². The van der Waals surface area contributed by atoms with Crippen LogP contribution in [0.3, 0.4) is 0 Å². The molecule has 0 aliphatic rings. The van der Waals surface area contributed by atoms with Gasteiger partial charge in [0.15, 0.2) is 11.0 Å². The van der Waals surface area contributed by atoms with Gasteiger partial charge >= 0.3 is 0 Å². The summed E-state index contributed by atoms with van der Waals surface area (Å²) in [5, 5.41) is 13.0. The van der Waals surface area contributed by atoms with Crippen LogP contribution in [0.5, 0.6) is 0 Å². The highest BCUT2D eigenvalue weighted by molar-refractivity contribution is 9.10. The molecule has 9 heteroatoms. The lowest BCUT2D eigenvalue weighted by atomic mass is 10.2. The number of hydrazone groups is 1. The Hall–Kier alpha value is -1.97. The maximum atomic E-state index is 12.0. The number of thioether (sulfide) groups is 1. The van der Waals surface area contributed by atoms with Crippen molar-refractivity contribution in [2.24, 2.45) is 12.1 Å². The fourth-order valence-corrected chi connectivity index (χ4v) is 3.60. The van der Waals surface area contributed by atoms with E-state index < -0.39 is 0 Å². The Kier molecular flexibility index (Phi) is 6.81. The minimum atomic E-state index is -0.209. The number of rotatable bonds is 6. The molecule has 1 heterocycles. The summed E-state index contributed by atoms with van der Waals surface area (Å²) in [6.45, 7) is 0. The maximum Gasteiger partial charge on any atom is 0.250 e. The topological polar surface area (TPSA) is 72.2 Å². The largest absolute Gasteiger partial charge is 0.305 e. The van der Waals surface area contributed by atoms with Gasteiger partial charge in [0.25, 0.3) is 5.91 Å². The van der Waals surface area contributed by atoms with E-state index in [4.69, 9.17) is 0 Å². The third-order valence-electron chi connectivity index (χ3n) is 3.52. The van der Waals surface area contributed by atoms with Gasteiger partial charge in [-0.25, -0.2) is 5.43 Å². The van der Waals surface area contributed by atoms with Gasteiger partial charge in [0, 0.05) is 21.6 Å². The minimum absolute atomic E-state index is 0.197. The molecule has 138 valence electrons. The lowest BCUT2D eigenvalue weighted by molar-refractivity contribution is -0.118. The van der Waals surface area contributed by atoms with Crippen molar-refractivity contribution in [1.29, 1.82) is 0 Å². The summed E-state index contributed by atoms with van der Waals surface area (Å²) in [5.74, 6) is 0.736. The molecule has 1 N–H and O–H groups in total. The molecule has 0 bridgehead atoms. The molecule has 1 aromatic heterocycles. The quantitative estimate of drug-likeness (QED) is 0.307. The summed E-state index contributed by atoms with van der Waals surface area (Å²) in [6, 6.07) is 15.5. The molecular formula is C18H15Br2N5OS. The number of amides is 1. The molecular weight excluding hydrogens is 494 g/mol. The smallest absolute Gasteiger partial charge is 0.250 e. The molecule has 27 heavy (non-hydrogen) atoms. The predicted octanol–water partition coefficient (Wildman–Crippen LogP) is 4.25. The van der Waals surface area contributed by atoms with Crippen LogP contribution < -0.4 is 5.43 Å². The lowest BCUT2D eigenvalue weighted by Gasteiger charge is -2.04. The van der Waals surface area contributed by atoms with E-state index in [-0.39, 0.29) is 11.7 Å². The van der Waals surface area contributed by atoms with Gasteiger partial charge in [-0.2, -0.15) is 5.10 Å². The van der Waals surface area contributed by atoms with E-state index in [1.807, 2.05) is 60.1 Å². The molecule has 6 nitrogen and oxygen atoms in total. The first-order chi connectivity index (χ1) is 13.0. The van der Waals surface area contributed by atoms with Crippen LogP contribution in [0.2, 0.25) is 0 Å². The van der Waals surface area contributed by atoms with Crippen LogP contribution >= 0.6 is 43.6 Å². The van der Waals surface area contributed by atoms with E-state index in [1.54, 1.807) is 6.21 Å². The van der Waals surface area contributed by atoms with Gasteiger partial charge in [0.05, 0.1) is 12.0 Å². The number of hydrogen-bond donors (Lipinski definition) is 1. The van der Waals surface area contributed by atoms with Crippen LogP contribution in [0, 0.1) is 0 Å². The van der Waals surface area contributed by atoms with E-state index >= 15 is 0 Å². The molecule has 0 fully saturated rings. The molecule has 3 aromatic rings. The number of carbonyl (C=O) groups excluding carboxylic acids is 1. The highest BCUT2D eigenvalue weighted by Gasteiger charge is 2.12. The summed E-state index contributed by atoms with van der Waals surface area (Å²) in [7, 11) is 1.88. The van der Waals surface area contributed by atoms with Gasteiger partial charge in [-0.3, -0.25) is 4.79 Å². The van der Waals surface area contributed by atoms with Gasteiger partial charge in [-0.15, -0.1) is 10.2 Å². The van der Waals surface area contributed by atoms with Gasteiger partial charge < -0.3 is 4.57 Å². The van der Waals surface area contributed by atoms with Crippen molar-refractivity contribution in [1.82, 2.24) is 20.2 Å². The molecule has 3 rings (SSSR count). The number of nitrogens with zero attached hydrogens (tertiary/aromatic N) is 4. The van der Waals surface area contributed by atoms with Crippen molar-refractivity contribution in [2.75, 3.05) is 5.75 Å². The molecule has 2 aromatic carbocycles. The average molecular weight is 509 g/mol. The zero-order valence-corrected chi connectivity index (χ0v) is 18.3. The van der Waals surface area contributed by atoms with Crippen LogP contribution in [-0.4, -0.2) is 32.6 Å². The normalized spacial score (nSPS) is 11.1. The monoisotopic (exact) mass is 507 g/mol. The Morgan fingerprint density at radius 1 is 1.19 bits per heavy atom. The van der Waals surface area contributed by atoms with Gasteiger partial charge in [0.2, 0.25) is 0 Å². The molecule has 0 spiro atoms. The Balaban J connectivity index is 1.55. The Morgan fingerprint density at radius 2 is 1.96 bits per heavy atom. The van der Waals surface area contributed by atoms with Crippen molar-refractivity contribution in [3.8, 4) is 11.4 Å². The van der Waals surface area contributed by atoms with E-state index in [9.17, 15) is 4.79 Å². The SMILES string of the molecule is Cn1c(SCC(=O)N/N=C/c2cccc(Br)c2)nnc1-c1ccc(Br)cc1. The second-order valence-corrected chi connectivity index (χ2v) is 8.28. The summed E-state index contributed by atoms with van der Waals surface area (Å²) in [6.07, 6.45) is 1.60. The fourth-order valence-electron chi connectivity index (χ4n) is 2.22. The molecule has 0 radical (unpaired) electrons. The number of hydrogen-bond acceptors (Lipinski definition) is 5. The molecule has 0 aliphatic heterocycles. The van der Waals surface area contributed by atoms with Crippen LogP contribution in [0.25, 0.3) is 11.4 Å². The molecule has 0 atom stereocenters. The first kappa shape index (κ1) is 19.8. The fraction of sp³-hybridized carbons (Fsp3) is 0.111. The number of benzene rings is 2. The van der Waals surface area contributed by atoms with Gasteiger partial charge in [0.1, 0.15) is 0 Å². The van der Waals surface area contributed by atoms with Crippen molar-refractivity contribution in [3.63, 3.8) is 0 Å². The van der Waals surface area contributed by atoms with Crippen molar-refractivity contribution >= 4 is 55.7 Å².